The molecule has 2 aromatic carbocycles. The number of methoxy groups -OCH3 is 1. The van der Waals surface area contributed by atoms with Crippen LogP contribution in [0.3, 0.4) is 0 Å². The molecule has 0 fully saturated rings. The maximum absolute atomic E-state index is 12.7. The van der Waals surface area contributed by atoms with Crippen molar-refractivity contribution in [2.75, 3.05) is 13.7 Å². The normalized spacial score (nSPS) is 10.4. The quantitative estimate of drug-likeness (QED) is 0.500. The van der Waals surface area contributed by atoms with Gasteiger partial charge in [-0.05, 0) is 42.0 Å². The molecule has 1 amide bonds. The molecule has 0 aromatic heterocycles. The molecule has 0 spiro atoms. The van der Waals surface area contributed by atoms with Crippen LogP contribution in [0.1, 0.15) is 15.9 Å². The number of hydrogen-bond acceptors (Lipinski definition) is 5. The van der Waals surface area contributed by atoms with Crippen LogP contribution >= 0.6 is 0 Å². The number of rotatable bonds is 6. The lowest BCUT2D eigenvalue weighted by molar-refractivity contribution is -0.123. The van der Waals surface area contributed by atoms with Gasteiger partial charge in [-0.3, -0.25) is 4.79 Å². The number of nitrogens with one attached hydrogen (secondary N) is 1. The molecule has 2 rings (SSSR count). The Labute approximate surface area is 137 Å². The van der Waals surface area contributed by atoms with Gasteiger partial charge in [0.25, 0.3) is 5.91 Å². The van der Waals surface area contributed by atoms with Gasteiger partial charge in [0.05, 0.1) is 18.9 Å². The number of carbonyl (C=O) groups is 2. The highest BCUT2D eigenvalue weighted by Crippen LogP contribution is 2.10. The van der Waals surface area contributed by atoms with Gasteiger partial charge in [0.15, 0.2) is 6.61 Å². The van der Waals surface area contributed by atoms with Gasteiger partial charge in [0, 0.05) is 0 Å². The Morgan fingerprint density at radius 2 is 1.79 bits per heavy atom. The second-order valence-corrected chi connectivity index (χ2v) is 4.65. The third-order valence-corrected chi connectivity index (χ3v) is 2.92. The first-order valence-corrected chi connectivity index (χ1v) is 6.97. The van der Waals surface area contributed by atoms with Crippen LogP contribution in [0.2, 0.25) is 0 Å². The Bertz CT molecular complexity index is 727. The minimum absolute atomic E-state index is 0.246. The van der Waals surface area contributed by atoms with Crippen molar-refractivity contribution in [1.29, 1.82) is 0 Å². The van der Waals surface area contributed by atoms with Crippen LogP contribution in [0.15, 0.2) is 53.6 Å². The Morgan fingerprint density at radius 3 is 2.42 bits per heavy atom. The zero-order valence-corrected chi connectivity index (χ0v) is 12.9. The summed E-state index contributed by atoms with van der Waals surface area (Å²) in [6.45, 7) is -0.246. The molecule has 0 aliphatic carbocycles. The molecule has 6 nitrogen and oxygen atoms in total. The molecule has 0 aliphatic rings. The highest BCUT2D eigenvalue weighted by atomic mass is 19.1. The van der Waals surface area contributed by atoms with Crippen LogP contribution in [0.4, 0.5) is 4.39 Å². The second-order valence-electron chi connectivity index (χ2n) is 4.65. The monoisotopic (exact) mass is 330 g/mol. The zero-order chi connectivity index (χ0) is 17.4. The van der Waals surface area contributed by atoms with Gasteiger partial charge in [0.1, 0.15) is 11.6 Å². The smallest absolute Gasteiger partial charge is 0.337 e. The van der Waals surface area contributed by atoms with Crippen molar-refractivity contribution in [3.63, 3.8) is 0 Å². The van der Waals surface area contributed by atoms with E-state index in [1.165, 1.54) is 37.6 Å². The second kappa shape index (κ2) is 8.42. The lowest BCUT2D eigenvalue weighted by Gasteiger charge is -2.04. The molecule has 0 radical (unpaired) electrons. The van der Waals surface area contributed by atoms with Crippen molar-refractivity contribution in [2.24, 2.45) is 5.10 Å². The van der Waals surface area contributed by atoms with E-state index in [4.69, 9.17) is 4.74 Å². The van der Waals surface area contributed by atoms with Crippen molar-refractivity contribution in [3.05, 3.63) is 65.5 Å². The number of nitrogens with zero attached hydrogens (tertiary/aromatic N) is 1. The maximum Gasteiger partial charge on any atom is 0.337 e. The van der Waals surface area contributed by atoms with Gasteiger partial charge in [-0.25, -0.2) is 14.6 Å². The number of hydrogen-bond donors (Lipinski definition) is 1. The third kappa shape index (κ3) is 5.20. The fraction of sp³-hybridized carbons (Fsp3) is 0.118. The molecule has 0 unspecified atom stereocenters. The number of esters is 1. The minimum Gasteiger partial charge on any atom is -0.484 e. The number of halogens is 1. The lowest BCUT2D eigenvalue weighted by atomic mass is 10.1. The van der Waals surface area contributed by atoms with E-state index < -0.39 is 11.9 Å². The molecule has 124 valence electrons. The van der Waals surface area contributed by atoms with E-state index >= 15 is 0 Å². The maximum atomic E-state index is 12.7. The molecule has 0 atom stereocenters. The predicted octanol–water partition coefficient (Wildman–Crippen LogP) is 2.14. The Balaban J connectivity index is 1.79. The minimum atomic E-state index is -0.457. The summed E-state index contributed by atoms with van der Waals surface area (Å²) >= 11 is 0. The summed E-state index contributed by atoms with van der Waals surface area (Å²) in [5.74, 6) is -0.880. The van der Waals surface area contributed by atoms with Crippen molar-refractivity contribution in [2.45, 2.75) is 0 Å². The molecule has 7 heteroatoms. The number of amides is 1. The average molecular weight is 330 g/mol. The standard InChI is InChI=1S/C17H15FN2O4/c1-23-17(22)13-4-2-12(3-5-13)10-19-20-16(21)11-24-15-8-6-14(18)7-9-15/h2-10H,11H2,1H3,(H,20,21)/b19-10-. The summed E-state index contributed by atoms with van der Waals surface area (Å²) in [7, 11) is 1.31. The van der Waals surface area contributed by atoms with Gasteiger partial charge in [-0.2, -0.15) is 5.10 Å². The average Bonchev–Trinajstić information content (AvgIpc) is 2.61. The topological polar surface area (TPSA) is 77.0 Å². The zero-order valence-electron chi connectivity index (χ0n) is 12.9. The van der Waals surface area contributed by atoms with Crippen LogP contribution < -0.4 is 10.2 Å². The summed E-state index contributed by atoms with van der Waals surface area (Å²) in [5, 5.41) is 3.78. The fourth-order valence-corrected chi connectivity index (χ4v) is 1.71. The molecule has 0 saturated carbocycles. The van der Waals surface area contributed by atoms with Crippen LogP contribution in [0.25, 0.3) is 0 Å². The Kier molecular flexibility index (Phi) is 6.01. The van der Waals surface area contributed by atoms with Crippen LogP contribution in [-0.4, -0.2) is 31.8 Å². The molecule has 24 heavy (non-hydrogen) atoms. The highest BCUT2D eigenvalue weighted by molar-refractivity contribution is 5.90. The Hall–Kier alpha value is -3.22. The van der Waals surface area contributed by atoms with Crippen LogP contribution in [0, 0.1) is 5.82 Å². The van der Waals surface area contributed by atoms with Crippen molar-refractivity contribution in [3.8, 4) is 5.75 Å². The SMILES string of the molecule is COC(=O)c1ccc(/C=N\NC(=O)COc2ccc(F)cc2)cc1. The van der Waals surface area contributed by atoms with Crippen LogP contribution in [-0.2, 0) is 9.53 Å². The van der Waals surface area contributed by atoms with Crippen LogP contribution in [0.5, 0.6) is 5.75 Å². The summed E-state index contributed by atoms with van der Waals surface area (Å²) in [5.41, 5.74) is 3.42. The largest absolute Gasteiger partial charge is 0.484 e. The van der Waals surface area contributed by atoms with E-state index in [1.807, 2.05) is 0 Å². The molecule has 0 aliphatic heterocycles. The summed E-state index contributed by atoms with van der Waals surface area (Å²) in [6, 6.07) is 11.8. The Morgan fingerprint density at radius 1 is 1.12 bits per heavy atom. The van der Waals surface area contributed by atoms with Gasteiger partial charge in [0.2, 0.25) is 0 Å². The van der Waals surface area contributed by atoms with E-state index in [1.54, 1.807) is 24.3 Å². The van der Waals surface area contributed by atoms with Gasteiger partial charge in [-0.1, -0.05) is 12.1 Å². The number of carbonyl (C=O) groups excluding carboxylic acids is 2. The predicted molar refractivity (Wildman–Crippen MR) is 85.4 cm³/mol. The van der Waals surface area contributed by atoms with Crippen molar-refractivity contribution in [1.82, 2.24) is 5.43 Å². The summed E-state index contributed by atoms with van der Waals surface area (Å²) in [6.07, 6.45) is 1.43. The number of ether oxygens (including phenoxy) is 2. The van der Waals surface area contributed by atoms with Crippen molar-refractivity contribution >= 4 is 18.1 Å². The van der Waals surface area contributed by atoms with E-state index in [-0.39, 0.29) is 12.4 Å². The number of hydrazone groups is 1. The van der Waals surface area contributed by atoms with E-state index in [9.17, 15) is 14.0 Å². The van der Waals surface area contributed by atoms with Gasteiger partial charge < -0.3 is 9.47 Å². The first-order chi connectivity index (χ1) is 11.6. The fourth-order valence-electron chi connectivity index (χ4n) is 1.71. The van der Waals surface area contributed by atoms with Gasteiger partial charge >= 0.3 is 5.97 Å². The van der Waals surface area contributed by atoms with Crippen molar-refractivity contribution < 1.29 is 23.5 Å². The molecule has 1 N–H and O–H groups in total. The van der Waals surface area contributed by atoms with E-state index in [0.717, 1.165) is 0 Å². The third-order valence-electron chi connectivity index (χ3n) is 2.92. The van der Waals surface area contributed by atoms with E-state index in [2.05, 4.69) is 15.3 Å². The molecule has 0 saturated heterocycles. The first kappa shape index (κ1) is 17.1. The summed E-state index contributed by atoms with van der Waals surface area (Å²) < 4.78 is 22.5. The highest BCUT2D eigenvalue weighted by Gasteiger charge is 2.04. The lowest BCUT2D eigenvalue weighted by Crippen LogP contribution is -2.24. The molecule has 0 heterocycles. The molecule has 2 aromatic rings. The molecule has 0 bridgehead atoms. The first-order valence-electron chi connectivity index (χ1n) is 6.97. The molecular weight excluding hydrogens is 315 g/mol. The van der Waals surface area contributed by atoms with Gasteiger partial charge in [-0.15, -0.1) is 0 Å². The van der Waals surface area contributed by atoms with E-state index in [0.29, 0.717) is 16.9 Å². The number of benzene rings is 2. The molecular formula is C17H15FN2O4. The summed E-state index contributed by atoms with van der Waals surface area (Å²) in [4.78, 5) is 22.9.